The summed E-state index contributed by atoms with van der Waals surface area (Å²) < 4.78 is 5.04. The Hall–Kier alpha value is -1.71. The summed E-state index contributed by atoms with van der Waals surface area (Å²) in [5.74, 6) is -0.343. The Morgan fingerprint density at radius 2 is 1.81 bits per heavy atom. The van der Waals surface area contributed by atoms with Crippen LogP contribution in [0.4, 0.5) is 5.69 Å². The summed E-state index contributed by atoms with van der Waals surface area (Å²) >= 11 is 11.9. The van der Waals surface area contributed by atoms with Crippen molar-refractivity contribution in [2.24, 2.45) is 0 Å². The highest BCUT2D eigenvalue weighted by Gasteiger charge is 2.11. The first kappa shape index (κ1) is 15.7. The van der Waals surface area contributed by atoms with Crippen molar-refractivity contribution in [1.29, 1.82) is 0 Å². The summed E-state index contributed by atoms with van der Waals surface area (Å²) in [5.41, 5.74) is 2.16. The molecule has 0 saturated heterocycles. The van der Waals surface area contributed by atoms with Crippen molar-refractivity contribution in [3.05, 3.63) is 63.6 Å². The van der Waals surface area contributed by atoms with Crippen molar-refractivity contribution in [2.75, 3.05) is 11.9 Å². The lowest BCUT2D eigenvalue weighted by molar-refractivity contribution is 0.0527. The zero-order chi connectivity index (χ0) is 15.2. The average Bonchev–Trinajstić information content (AvgIpc) is 2.45. The van der Waals surface area contributed by atoms with E-state index in [4.69, 9.17) is 27.9 Å². The van der Waals surface area contributed by atoms with Gasteiger partial charge in [-0.2, -0.15) is 0 Å². The highest BCUT2D eigenvalue weighted by Crippen LogP contribution is 2.21. The molecule has 0 amide bonds. The zero-order valence-corrected chi connectivity index (χ0v) is 13.0. The quantitative estimate of drug-likeness (QED) is 0.804. The van der Waals surface area contributed by atoms with Gasteiger partial charge in [0.1, 0.15) is 0 Å². The minimum Gasteiger partial charge on any atom is -0.462 e. The van der Waals surface area contributed by atoms with Crippen LogP contribution in [0.25, 0.3) is 0 Å². The molecular weight excluding hydrogens is 309 g/mol. The van der Waals surface area contributed by atoms with Crippen LogP contribution in [-0.4, -0.2) is 12.6 Å². The number of carbonyl (C=O) groups is 1. The maximum absolute atomic E-state index is 11.9. The van der Waals surface area contributed by atoms with E-state index in [0.29, 0.717) is 34.4 Å². The smallest absolute Gasteiger partial charge is 0.340 e. The Morgan fingerprint density at radius 3 is 2.48 bits per heavy atom. The third-order valence-corrected chi connectivity index (χ3v) is 3.26. The van der Waals surface area contributed by atoms with E-state index in [1.54, 1.807) is 25.1 Å². The standard InChI is InChI=1S/C16H15Cl2NO2/c1-2-21-16(20)14-5-3-4-6-15(14)19-10-11-7-12(17)9-13(18)8-11/h3-9,19H,2,10H2,1H3. The number of rotatable bonds is 5. The van der Waals surface area contributed by atoms with Gasteiger partial charge in [-0.1, -0.05) is 35.3 Å². The SMILES string of the molecule is CCOC(=O)c1ccccc1NCc1cc(Cl)cc(Cl)c1. The molecule has 0 bridgehead atoms. The van der Waals surface area contributed by atoms with Gasteiger partial charge in [0, 0.05) is 22.3 Å². The van der Waals surface area contributed by atoms with Gasteiger partial charge >= 0.3 is 5.97 Å². The number of nitrogens with one attached hydrogen (secondary N) is 1. The van der Waals surface area contributed by atoms with E-state index in [0.717, 1.165) is 5.56 Å². The third-order valence-electron chi connectivity index (χ3n) is 2.83. The molecule has 0 saturated carbocycles. The fourth-order valence-electron chi connectivity index (χ4n) is 1.93. The van der Waals surface area contributed by atoms with Crippen molar-refractivity contribution in [3.8, 4) is 0 Å². The molecular formula is C16H15Cl2NO2. The molecule has 2 rings (SSSR count). The zero-order valence-electron chi connectivity index (χ0n) is 11.5. The van der Waals surface area contributed by atoms with Crippen molar-refractivity contribution >= 4 is 34.9 Å². The number of hydrogen-bond acceptors (Lipinski definition) is 3. The molecule has 0 atom stereocenters. The van der Waals surface area contributed by atoms with Crippen LogP contribution in [0.3, 0.4) is 0 Å². The molecule has 3 nitrogen and oxygen atoms in total. The van der Waals surface area contributed by atoms with Gasteiger partial charge in [-0.3, -0.25) is 0 Å². The van der Waals surface area contributed by atoms with Crippen LogP contribution in [0, 0.1) is 0 Å². The first-order valence-electron chi connectivity index (χ1n) is 6.55. The fraction of sp³-hybridized carbons (Fsp3) is 0.188. The predicted octanol–water partition coefficient (Wildman–Crippen LogP) is 4.78. The minimum absolute atomic E-state index is 0.343. The van der Waals surface area contributed by atoms with Crippen LogP contribution >= 0.6 is 23.2 Å². The molecule has 5 heteroatoms. The summed E-state index contributed by atoms with van der Waals surface area (Å²) in [4.78, 5) is 11.9. The lowest BCUT2D eigenvalue weighted by atomic mass is 10.1. The molecule has 110 valence electrons. The second-order valence-electron chi connectivity index (χ2n) is 4.40. The summed E-state index contributed by atoms with van der Waals surface area (Å²) in [6, 6.07) is 12.5. The number of benzene rings is 2. The molecule has 0 unspecified atom stereocenters. The predicted molar refractivity (Wildman–Crippen MR) is 86.2 cm³/mol. The van der Waals surface area contributed by atoms with Crippen molar-refractivity contribution < 1.29 is 9.53 Å². The second-order valence-corrected chi connectivity index (χ2v) is 5.27. The normalized spacial score (nSPS) is 10.2. The van der Waals surface area contributed by atoms with Gasteiger partial charge in [0.25, 0.3) is 0 Å². The van der Waals surface area contributed by atoms with Gasteiger partial charge < -0.3 is 10.1 Å². The summed E-state index contributed by atoms with van der Waals surface area (Å²) in [7, 11) is 0. The molecule has 21 heavy (non-hydrogen) atoms. The van der Waals surface area contributed by atoms with Crippen LogP contribution in [0.15, 0.2) is 42.5 Å². The Labute approximate surface area is 133 Å². The summed E-state index contributed by atoms with van der Waals surface area (Å²) in [6.07, 6.45) is 0. The molecule has 0 fully saturated rings. The van der Waals surface area contributed by atoms with Crippen LogP contribution in [0.5, 0.6) is 0 Å². The highest BCUT2D eigenvalue weighted by molar-refractivity contribution is 6.34. The Morgan fingerprint density at radius 1 is 1.14 bits per heavy atom. The van der Waals surface area contributed by atoms with Gasteiger partial charge in [-0.15, -0.1) is 0 Å². The number of para-hydroxylation sites is 1. The maximum Gasteiger partial charge on any atom is 0.340 e. The summed E-state index contributed by atoms with van der Waals surface area (Å²) in [6.45, 7) is 2.63. The number of anilines is 1. The fourth-order valence-corrected chi connectivity index (χ4v) is 2.51. The van der Waals surface area contributed by atoms with Gasteiger partial charge in [-0.05, 0) is 42.8 Å². The van der Waals surface area contributed by atoms with E-state index in [1.807, 2.05) is 24.3 Å². The molecule has 2 aromatic rings. The topological polar surface area (TPSA) is 38.3 Å². The Balaban J connectivity index is 2.14. The van der Waals surface area contributed by atoms with Crippen LogP contribution in [-0.2, 0) is 11.3 Å². The number of halogens is 2. The van der Waals surface area contributed by atoms with Crippen molar-refractivity contribution in [2.45, 2.75) is 13.5 Å². The molecule has 1 N–H and O–H groups in total. The van der Waals surface area contributed by atoms with E-state index in [1.165, 1.54) is 0 Å². The largest absolute Gasteiger partial charge is 0.462 e. The third kappa shape index (κ3) is 4.38. The second kappa shape index (κ2) is 7.34. The average molecular weight is 324 g/mol. The Kier molecular flexibility index (Phi) is 5.48. The van der Waals surface area contributed by atoms with Crippen molar-refractivity contribution in [1.82, 2.24) is 0 Å². The lowest BCUT2D eigenvalue weighted by Gasteiger charge is -2.11. The van der Waals surface area contributed by atoms with E-state index < -0.39 is 0 Å². The lowest BCUT2D eigenvalue weighted by Crippen LogP contribution is -2.09. The van der Waals surface area contributed by atoms with Crippen molar-refractivity contribution in [3.63, 3.8) is 0 Å². The van der Waals surface area contributed by atoms with E-state index >= 15 is 0 Å². The first-order chi connectivity index (χ1) is 10.1. The number of esters is 1. The minimum atomic E-state index is -0.343. The molecule has 2 aromatic carbocycles. The van der Waals surface area contributed by atoms with Gasteiger partial charge in [0.2, 0.25) is 0 Å². The van der Waals surface area contributed by atoms with Crippen LogP contribution in [0.1, 0.15) is 22.8 Å². The van der Waals surface area contributed by atoms with Gasteiger partial charge in [0.05, 0.1) is 12.2 Å². The highest BCUT2D eigenvalue weighted by atomic mass is 35.5. The van der Waals surface area contributed by atoms with Crippen LogP contribution in [0.2, 0.25) is 10.0 Å². The first-order valence-corrected chi connectivity index (χ1v) is 7.30. The van der Waals surface area contributed by atoms with Gasteiger partial charge in [0.15, 0.2) is 0 Å². The number of ether oxygens (including phenoxy) is 1. The molecule has 0 aromatic heterocycles. The summed E-state index contributed by atoms with van der Waals surface area (Å²) in [5, 5.41) is 4.37. The van der Waals surface area contributed by atoms with Gasteiger partial charge in [-0.25, -0.2) is 4.79 Å². The molecule has 0 heterocycles. The molecule has 0 aliphatic rings. The molecule has 0 aliphatic heterocycles. The molecule has 0 spiro atoms. The number of hydrogen-bond donors (Lipinski definition) is 1. The van der Waals surface area contributed by atoms with E-state index in [-0.39, 0.29) is 5.97 Å². The Bertz CT molecular complexity index is 624. The number of carbonyl (C=O) groups excluding carboxylic acids is 1. The van der Waals surface area contributed by atoms with Crippen LogP contribution < -0.4 is 5.32 Å². The van der Waals surface area contributed by atoms with E-state index in [2.05, 4.69) is 5.32 Å². The van der Waals surface area contributed by atoms with E-state index in [9.17, 15) is 4.79 Å². The maximum atomic E-state index is 11.9. The molecule has 0 aliphatic carbocycles. The molecule has 0 radical (unpaired) electrons. The monoisotopic (exact) mass is 323 g/mol.